The van der Waals surface area contributed by atoms with E-state index in [1.54, 1.807) is 12.1 Å². The van der Waals surface area contributed by atoms with E-state index in [4.69, 9.17) is 4.74 Å². The number of methoxy groups -OCH3 is 1. The van der Waals surface area contributed by atoms with Crippen LogP contribution in [0, 0.1) is 5.92 Å². The van der Waals surface area contributed by atoms with Crippen LogP contribution in [0.3, 0.4) is 0 Å². The number of esters is 1. The first-order valence-electron chi connectivity index (χ1n) is 14.5. The van der Waals surface area contributed by atoms with Crippen molar-refractivity contribution >= 4 is 23.4 Å². The van der Waals surface area contributed by atoms with Gasteiger partial charge in [0.05, 0.1) is 37.0 Å². The van der Waals surface area contributed by atoms with Crippen LogP contribution in [-0.2, 0) is 14.3 Å². The minimum Gasteiger partial charge on any atom is -0.507 e. The van der Waals surface area contributed by atoms with E-state index in [0.29, 0.717) is 23.8 Å². The molecule has 11 heteroatoms. The smallest absolute Gasteiger partial charge is 0.308 e. The summed E-state index contributed by atoms with van der Waals surface area (Å²) >= 11 is 0. The number of fused-ring (bicyclic) bond motifs is 3. The first-order valence-corrected chi connectivity index (χ1v) is 14.5. The van der Waals surface area contributed by atoms with E-state index in [9.17, 15) is 14.7 Å². The molecule has 4 aliphatic rings. The van der Waals surface area contributed by atoms with Crippen LogP contribution in [0.25, 0.3) is 11.3 Å². The van der Waals surface area contributed by atoms with Crippen molar-refractivity contribution in [1.29, 1.82) is 0 Å². The van der Waals surface area contributed by atoms with Gasteiger partial charge in [-0.2, -0.15) is 0 Å². The van der Waals surface area contributed by atoms with Crippen molar-refractivity contribution in [3.8, 4) is 17.0 Å². The number of aromatic nitrogens is 2. The Morgan fingerprint density at radius 3 is 2.52 bits per heavy atom. The van der Waals surface area contributed by atoms with Gasteiger partial charge < -0.3 is 25.0 Å². The number of phenols is 1. The molecule has 0 radical (unpaired) electrons. The van der Waals surface area contributed by atoms with Crippen molar-refractivity contribution in [3.05, 3.63) is 30.3 Å². The number of carbonyl (C=O) groups excluding carboxylic acids is 2. The molecule has 0 bridgehead atoms. The summed E-state index contributed by atoms with van der Waals surface area (Å²) < 4.78 is 4.92. The summed E-state index contributed by atoms with van der Waals surface area (Å²) in [5, 5.41) is 22.4. The SMILES string of the molecule is COC(=O)[C@H]1CC[C@@H](N2CCN(C(=O)CN3CCN4c5cc(-c6ccccc6O)nnc5NC[C@H]4C3)CC2)CC1. The highest BCUT2D eigenvalue weighted by Crippen LogP contribution is 2.36. The standard InChI is InChI=1S/C29H39N7O4/c1-40-29(39)20-6-8-21(9-7-20)34-11-13-35(14-12-34)27(38)19-33-10-15-36-22(18-33)17-30-28-25(36)16-24(31-32-28)23-4-2-3-5-26(23)37/h2-5,16,20-22,37H,6-15,17-19H2,1H3,(H,30,32)/t20-,21+,22-/m0/s1. The Morgan fingerprint density at radius 2 is 1.77 bits per heavy atom. The molecule has 2 N–H and O–H groups in total. The van der Waals surface area contributed by atoms with Crippen molar-refractivity contribution in [1.82, 2.24) is 24.9 Å². The number of nitrogens with one attached hydrogen (secondary N) is 1. The van der Waals surface area contributed by atoms with E-state index in [1.165, 1.54) is 7.11 Å². The normalized spacial score (nSPS) is 25.5. The molecular weight excluding hydrogens is 510 g/mol. The topological polar surface area (TPSA) is 114 Å². The number of rotatable bonds is 5. The van der Waals surface area contributed by atoms with Crippen molar-refractivity contribution in [2.75, 3.05) is 76.2 Å². The molecular formula is C29H39N7O4. The van der Waals surface area contributed by atoms with Gasteiger partial charge in [0.25, 0.3) is 0 Å². The third kappa shape index (κ3) is 5.44. The maximum absolute atomic E-state index is 13.2. The summed E-state index contributed by atoms with van der Waals surface area (Å²) in [7, 11) is 1.47. The summed E-state index contributed by atoms with van der Waals surface area (Å²) in [6, 6.07) is 9.91. The van der Waals surface area contributed by atoms with E-state index in [-0.39, 0.29) is 29.6 Å². The molecule has 1 aromatic heterocycles. The van der Waals surface area contributed by atoms with Crippen LogP contribution in [0.15, 0.2) is 30.3 Å². The van der Waals surface area contributed by atoms with Crippen LogP contribution in [0.4, 0.5) is 11.5 Å². The minimum absolute atomic E-state index is 0.0460. The fourth-order valence-electron chi connectivity index (χ4n) is 6.79. The van der Waals surface area contributed by atoms with Gasteiger partial charge >= 0.3 is 5.97 Å². The molecule has 3 fully saturated rings. The highest BCUT2D eigenvalue weighted by molar-refractivity contribution is 5.79. The van der Waals surface area contributed by atoms with E-state index >= 15 is 0 Å². The zero-order valence-electron chi connectivity index (χ0n) is 23.2. The third-order valence-corrected chi connectivity index (χ3v) is 9.11. The average Bonchev–Trinajstić information content (AvgIpc) is 3.00. The molecule has 0 spiro atoms. The first-order chi connectivity index (χ1) is 19.5. The van der Waals surface area contributed by atoms with Gasteiger partial charge in [-0.15, -0.1) is 10.2 Å². The summed E-state index contributed by atoms with van der Waals surface area (Å²) in [5.74, 6) is 1.13. The minimum atomic E-state index is -0.0752. The Kier molecular flexibility index (Phi) is 7.75. The molecule has 4 heterocycles. The summed E-state index contributed by atoms with van der Waals surface area (Å²) in [5.41, 5.74) is 2.30. The van der Waals surface area contributed by atoms with E-state index in [0.717, 1.165) is 89.5 Å². The van der Waals surface area contributed by atoms with Crippen LogP contribution in [-0.4, -0.2) is 120 Å². The molecule has 0 unspecified atom stereocenters. The number of anilines is 2. The van der Waals surface area contributed by atoms with Crippen molar-refractivity contribution < 1.29 is 19.4 Å². The number of benzene rings is 1. The largest absolute Gasteiger partial charge is 0.507 e. The predicted octanol–water partition coefficient (Wildman–Crippen LogP) is 1.64. The van der Waals surface area contributed by atoms with Gasteiger partial charge in [0.1, 0.15) is 5.75 Å². The number of hydrogen-bond acceptors (Lipinski definition) is 10. The molecule has 11 nitrogen and oxygen atoms in total. The molecule has 1 amide bonds. The van der Waals surface area contributed by atoms with Gasteiger partial charge in [0.15, 0.2) is 5.82 Å². The highest BCUT2D eigenvalue weighted by atomic mass is 16.5. The molecule has 6 rings (SSSR count). The van der Waals surface area contributed by atoms with Gasteiger partial charge in [0, 0.05) is 64.0 Å². The van der Waals surface area contributed by atoms with E-state index < -0.39 is 0 Å². The van der Waals surface area contributed by atoms with Crippen LogP contribution < -0.4 is 10.2 Å². The van der Waals surface area contributed by atoms with Crippen LogP contribution in [0.5, 0.6) is 5.75 Å². The molecule has 1 aliphatic carbocycles. The molecule has 1 atom stereocenters. The number of para-hydroxylation sites is 1. The number of phenolic OH excluding ortho intramolecular Hbond substituents is 1. The quantitative estimate of drug-likeness (QED) is 0.534. The van der Waals surface area contributed by atoms with Crippen LogP contribution >= 0.6 is 0 Å². The molecule has 3 aliphatic heterocycles. The molecule has 1 aromatic carbocycles. The Bertz CT molecular complexity index is 1230. The number of carbonyl (C=O) groups is 2. The molecule has 2 aromatic rings. The predicted molar refractivity (Wildman–Crippen MR) is 151 cm³/mol. The fraction of sp³-hybridized carbons (Fsp3) is 0.586. The number of amides is 1. The van der Waals surface area contributed by atoms with Crippen molar-refractivity contribution in [2.24, 2.45) is 5.92 Å². The van der Waals surface area contributed by atoms with Gasteiger partial charge in [0.2, 0.25) is 5.91 Å². The number of aromatic hydroxyl groups is 1. The zero-order valence-corrected chi connectivity index (χ0v) is 23.2. The van der Waals surface area contributed by atoms with Crippen molar-refractivity contribution in [2.45, 2.75) is 37.8 Å². The summed E-state index contributed by atoms with van der Waals surface area (Å²) in [6.45, 7) is 6.94. The van der Waals surface area contributed by atoms with Gasteiger partial charge in [-0.25, -0.2) is 0 Å². The number of ether oxygens (including phenoxy) is 1. The molecule has 214 valence electrons. The molecule has 1 saturated carbocycles. The zero-order chi connectivity index (χ0) is 27.6. The summed E-state index contributed by atoms with van der Waals surface area (Å²) in [4.78, 5) is 34.2. The van der Waals surface area contributed by atoms with E-state index in [1.807, 2.05) is 23.1 Å². The molecule has 2 saturated heterocycles. The lowest BCUT2D eigenvalue weighted by atomic mass is 9.85. The maximum Gasteiger partial charge on any atom is 0.308 e. The monoisotopic (exact) mass is 549 g/mol. The van der Waals surface area contributed by atoms with Crippen molar-refractivity contribution in [3.63, 3.8) is 0 Å². The lowest BCUT2D eigenvalue weighted by Crippen LogP contribution is -2.60. The Balaban J connectivity index is 1.00. The number of piperazine rings is 2. The Morgan fingerprint density at radius 1 is 1.00 bits per heavy atom. The second-order valence-electron chi connectivity index (χ2n) is 11.4. The van der Waals surface area contributed by atoms with Crippen LogP contribution in [0.2, 0.25) is 0 Å². The van der Waals surface area contributed by atoms with E-state index in [2.05, 4.69) is 30.2 Å². The van der Waals surface area contributed by atoms with Gasteiger partial charge in [-0.3, -0.25) is 19.4 Å². The molecule has 40 heavy (non-hydrogen) atoms. The highest BCUT2D eigenvalue weighted by Gasteiger charge is 2.35. The second-order valence-corrected chi connectivity index (χ2v) is 11.4. The fourth-order valence-corrected chi connectivity index (χ4v) is 6.79. The van der Waals surface area contributed by atoms with Crippen LogP contribution in [0.1, 0.15) is 25.7 Å². The second kappa shape index (κ2) is 11.6. The Hall–Kier alpha value is -3.44. The average molecular weight is 550 g/mol. The summed E-state index contributed by atoms with van der Waals surface area (Å²) in [6.07, 6.45) is 3.84. The number of hydrogen-bond donors (Lipinski definition) is 2. The lowest BCUT2D eigenvalue weighted by Gasteiger charge is -2.46. The lowest BCUT2D eigenvalue weighted by molar-refractivity contribution is -0.147. The van der Waals surface area contributed by atoms with Gasteiger partial charge in [-0.1, -0.05) is 12.1 Å². The Labute approximate surface area is 235 Å². The maximum atomic E-state index is 13.2. The van der Waals surface area contributed by atoms with Gasteiger partial charge in [-0.05, 0) is 43.9 Å². The first kappa shape index (κ1) is 26.8. The third-order valence-electron chi connectivity index (χ3n) is 9.11. The number of nitrogens with zero attached hydrogens (tertiary/aromatic N) is 6.